The number of carbonyl (C=O) groups is 3. The molecule has 2 aliphatic rings. The molecule has 1 saturated heterocycles. The van der Waals surface area contributed by atoms with E-state index < -0.39 is 23.7 Å². The summed E-state index contributed by atoms with van der Waals surface area (Å²) in [5.41, 5.74) is 2.01. The minimum atomic E-state index is -0.755. The number of methoxy groups -OCH3 is 3. The van der Waals surface area contributed by atoms with Gasteiger partial charge in [0, 0.05) is 35.7 Å². The Kier molecular flexibility index (Phi) is 8.06. The zero-order valence-corrected chi connectivity index (χ0v) is 24.2. The average Bonchev–Trinajstić information content (AvgIpc) is 3.22. The molecule has 1 unspecified atom stereocenters. The molecule has 2 amide bonds. The molecule has 10 nitrogen and oxygen atoms in total. The van der Waals surface area contributed by atoms with E-state index in [9.17, 15) is 19.2 Å². The van der Waals surface area contributed by atoms with Crippen LogP contribution < -0.4 is 19.6 Å². The molecule has 3 aromatic rings. The van der Waals surface area contributed by atoms with Crippen molar-refractivity contribution in [2.24, 2.45) is 11.8 Å². The molecule has 3 atom stereocenters. The van der Waals surface area contributed by atoms with Crippen LogP contribution in [-0.2, 0) is 19.1 Å². The Morgan fingerprint density at radius 3 is 2.38 bits per heavy atom. The van der Waals surface area contributed by atoms with Crippen molar-refractivity contribution >= 4 is 28.8 Å². The molecule has 1 aliphatic carbocycles. The number of hydrogen-bond donors (Lipinski definition) is 0. The van der Waals surface area contributed by atoms with Gasteiger partial charge in [-0.1, -0.05) is 11.6 Å². The van der Waals surface area contributed by atoms with Crippen molar-refractivity contribution in [2.75, 3.05) is 34.5 Å². The normalized spacial score (nSPS) is 19.9. The number of amides is 2. The van der Waals surface area contributed by atoms with E-state index in [-0.39, 0.29) is 53.5 Å². The summed E-state index contributed by atoms with van der Waals surface area (Å²) in [6.07, 6.45) is 2.26. The first-order valence-electron chi connectivity index (χ1n) is 13.8. The number of allylic oxidation sites excluding steroid dienone is 2. The second-order valence-electron chi connectivity index (χ2n) is 10.4. The van der Waals surface area contributed by atoms with Gasteiger partial charge in [0.15, 0.2) is 5.43 Å². The van der Waals surface area contributed by atoms with Crippen molar-refractivity contribution in [2.45, 2.75) is 32.6 Å². The highest BCUT2D eigenvalue weighted by atomic mass is 16.5. The minimum absolute atomic E-state index is 0.0566. The van der Waals surface area contributed by atoms with E-state index in [4.69, 9.17) is 23.4 Å². The number of fused-ring (bicyclic) bond motifs is 2. The maximum Gasteiger partial charge on any atom is 0.307 e. The van der Waals surface area contributed by atoms with Gasteiger partial charge in [-0.3, -0.25) is 24.1 Å². The van der Waals surface area contributed by atoms with Crippen LogP contribution in [0.2, 0.25) is 0 Å². The maximum absolute atomic E-state index is 13.7. The number of benzene rings is 2. The molecule has 1 aliphatic heterocycles. The van der Waals surface area contributed by atoms with Crippen LogP contribution in [0.25, 0.3) is 22.3 Å². The summed E-state index contributed by atoms with van der Waals surface area (Å²) in [6.45, 7) is 3.76. The third-order valence-corrected chi connectivity index (χ3v) is 7.91. The minimum Gasteiger partial charge on any atom is -0.497 e. The van der Waals surface area contributed by atoms with Crippen LogP contribution in [-0.4, -0.2) is 57.2 Å². The van der Waals surface area contributed by atoms with Crippen LogP contribution in [0.4, 0.5) is 0 Å². The third-order valence-electron chi connectivity index (χ3n) is 7.91. The summed E-state index contributed by atoms with van der Waals surface area (Å²) >= 11 is 0. The van der Waals surface area contributed by atoms with E-state index in [1.165, 1.54) is 20.3 Å². The fourth-order valence-corrected chi connectivity index (χ4v) is 6.05. The SMILES string of the molecule is CCOC(=O)CCN1C(=O)[C@@H]2CC(C)=CC(c3c(OC)cc4oc(-c5ccc(OC)cc5)cc(=O)c4c3OC)[C@@H]2C1=O. The molecule has 5 rings (SSSR count). The Hall–Kier alpha value is -4.60. The highest BCUT2D eigenvalue weighted by Gasteiger charge is 2.53. The lowest BCUT2D eigenvalue weighted by molar-refractivity contribution is -0.145. The lowest BCUT2D eigenvalue weighted by Crippen LogP contribution is -2.34. The molecule has 1 fully saturated rings. The number of likely N-dealkylation sites (tertiary alicyclic amines) is 1. The van der Waals surface area contributed by atoms with E-state index in [1.807, 2.05) is 13.0 Å². The molecule has 2 heterocycles. The Morgan fingerprint density at radius 2 is 1.74 bits per heavy atom. The number of rotatable bonds is 9. The van der Waals surface area contributed by atoms with Gasteiger partial charge in [-0.25, -0.2) is 0 Å². The van der Waals surface area contributed by atoms with E-state index in [1.54, 1.807) is 44.4 Å². The topological polar surface area (TPSA) is 122 Å². The molecular formula is C32H33NO9. The number of carbonyl (C=O) groups excluding carboxylic acids is 3. The number of esters is 1. The highest BCUT2D eigenvalue weighted by Crippen LogP contribution is 2.51. The predicted molar refractivity (Wildman–Crippen MR) is 154 cm³/mol. The Balaban J connectivity index is 1.61. The molecule has 0 N–H and O–H groups in total. The largest absolute Gasteiger partial charge is 0.497 e. The lowest BCUT2D eigenvalue weighted by Gasteiger charge is -2.31. The number of ether oxygens (including phenoxy) is 4. The van der Waals surface area contributed by atoms with Gasteiger partial charge < -0.3 is 23.4 Å². The summed E-state index contributed by atoms with van der Waals surface area (Å²) in [4.78, 5) is 53.9. The van der Waals surface area contributed by atoms with Crippen LogP contribution in [0.5, 0.6) is 17.2 Å². The molecule has 10 heteroatoms. The van der Waals surface area contributed by atoms with Crippen LogP contribution in [0.3, 0.4) is 0 Å². The Bertz CT molecular complexity index is 1640. The van der Waals surface area contributed by atoms with E-state index in [0.29, 0.717) is 34.8 Å². The van der Waals surface area contributed by atoms with Gasteiger partial charge in [-0.15, -0.1) is 0 Å². The summed E-state index contributed by atoms with van der Waals surface area (Å²) in [5.74, 6) is -1.57. The first-order chi connectivity index (χ1) is 20.2. The molecule has 220 valence electrons. The summed E-state index contributed by atoms with van der Waals surface area (Å²) in [6, 6.07) is 10.1. The van der Waals surface area contributed by atoms with Gasteiger partial charge in [0.1, 0.15) is 34.0 Å². The quantitative estimate of drug-likeness (QED) is 0.207. The standard InChI is InChI=1S/C32H33NO9/c1-6-41-26(35)11-12-33-31(36)21-14-17(2)13-20(27(21)32(33)37)28-24(39-4)16-25-29(30(28)40-5)22(34)15-23(42-25)18-7-9-19(38-3)10-8-18/h7-10,13,15-16,20-21,27H,6,11-12,14H2,1-5H3/t20?,21-,27+/m1/s1. The highest BCUT2D eigenvalue weighted by molar-refractivity contribution is 6.06. The Morgan fingerprint density at radius 1 is 1.00 bits per heavy atom. The second kappa shape index (κ2) is 11.7. The molecule has 0 radical (unpaired) electrons. The Labute approximate surface area is 242 Å². The average molecular weight is 576 g/mol. The van der Waals surface area contributed by atoms with E-state index in [2.05, 4.69) is 0 Å². The van der Waals surface area contributed by atoms with Crippen molar-refractivity contribution in [3.63, 3.8) is 0 Å². The van der Waals surface area contributed by atoms with Gasteiger partial charge in [-0.05, 0) is 44.5 Å². The summed E-state index contributed by atoms with van der Waals surface area (Å²) in [7, 11) is 4.50. The fraction of sp³-hybridized carbons (Fsp3) is 0.375. The van der Waals surface area contributed by atoms with Crippen molar-refractivity contribution < 1.29 is 37.7 Å². The number of imide groups is 1. The molecule has 42 heavy (non-hydrogen) atoms. The first-order valence-corrected chi connectivity index (χ1v) is 13.8. The monoisotopic (exact) mass is 575 g/mol. The summed E-state index contributed by atoms with van der Waals surface area (Å²) < 4.78 is 28.0. The maximum atomic E-state index is 13.7. The molecule has 1 aromatic heterocycles. The molecule has 0 saturated carbocycles. The molecule has 2 aromatic carbocycles. The third kappa shape index (κ3) is 5.01. The number of nitrogens with zero attached hydrogens (tertiary/aromatic N) is 1. The molecule has 0 spiro atoms. The zero-order chi connectivity index (χ0) is 30.1. The lowest BCUT2D eigenvalue weighted by atomic mass is 9.71. The molecule has 0 bridgehead atoms. The fourth-order valence-electron chi connectivity index (χ4n) is 6.05. The van der Waals surface area contributed by atoms with Crippen molar-refractivity contribution in [1.82, 2.24) is 4.90 Å². The van der Waals surface area contributed by atoms with Gasteiger partial charge in [0.05, 0.1) is 46.2 Å². The van der Waals surface area contributed by atoms with Crippen LogP contribution in [0.1, 0.15) is 38.2 Å². The van der Waals surface area contributed by atoms with Crippen LogP contribution in [0.15, 0.2) is 57.3 Å². The van der Waals surface area contributed by atoms with E-state index in [0.717, 1.165) is 10.5 Å². The van der Waals surface area contributed by atoms with Gasteiger partial charge >= 0.3 is 5.97 Å². The smallest absolute Gasteiger partial charge is 0.307 e. The second-order valence-corrected chi connectivity index (χ2v) is 10.4. The zero-order valence-electron chi connectivity index (χ0n) is 24.2. The molecular weight excluding hydrogens is 542 g/mol. The van der Waals surface area contributed by atoms with Crippen molar-refractivity contribution in [3.8, 4) is 28.6 Å². The predicted octanol–water partition coefficient (Wildman–Crippen LogP) is 4.47. The first kappa shape index (κ1) is 28.9. The van der Waals surface area contributed by atoms with Crippen molar-refractivity contribution in [3.05, 3.63) is 63.8 Å². The van der Waals surface area contributed by atoms with E-state index >= 15 is 0 Å². The van der Waals surface area contributed by atoms with Gasteiger partial charge in [0.2, 0.25) is 11.8 Å². The number of hydrogen-bond acceptors (Lipinski definition) is 9. The van der Waals surface area contributed by atoms with Crippen LogP contribution >= 0.6 is 0 Å². The summed E-state index contributed by atoms with van der Waals surface area (Å²) in [5, 5.41) is 0.203. The van der Waals surface area contributed by atoms with Gasteiger partial charge in [0.25, 0.3) is 0 Å². The van der Waals surface area contributed by atoms with Crippen molar-refractivity contribution in [1.29, 1.82) is 0 Å². The van der Waals surface area contributed by atoms with Crippen LogP contribution in [0, 0.1) is 11.8 Å². The van der Waals surface area contributed by atoms with Gasteiger partial charge in [-0.2, -0.15) is 0 Å².